The number of carbonyl (C=O) groups is 1. The number of halogens is 1. The Morgan fingerprint density at radius 2 is 1.71 bits per heavy atom. The molecule has 3 aromatic rings. The Hall–Kier alpha value is -3.92. The molecule has 1 amide bonds. The van der Waals surface area contributed by atoms with E-state index in [1.165, 1.54) is 20.4 Å². The van der Waals surface area contributed by atoms with Crippen molar-refractivity contribution in [3.63, 3.8) is 0 Å². The van der Waals surface area contributed by atoms with Crippen LogP contribution in [0, 0.1) is 12.7 Å². The molecule has 178 valence electrons. The molecule has 10 heteroatoms. The van der Waals surface area contributed by atoms with E-state index in [2.05, 4.69) is 10.5 Å². The van der Waals surface area contributed by atoms with Crippen molar-refractivity contribution in [2.24, 2.45) is 5.10 Å². The predicted octanol–water partition coefficient (Wildman–Crippen LogP) is 3.50. The lowest BCUT2D eigenvalue weighted by atomic mass is 10.2. The molecule has 0 radical (unpaired) electrons. The van der Waals surface area contributed by atoms with E-state index in [9.17, 15) is 17.6 Å². The van der Waals surface area contributed by atoms with Crippen molar-refractivity contribution in [2.75, 3.05) is 25.1 Å². The number of ether oxygens (including phenoxy) is 2. The Balaban J connectivity index is 1.82. The van der Waals surface area contributed by atoms with Crippen LogP contribution < -0.4 is 19.2 Å². The van der Waals surface area contributed by atoms with E-state index >= 15 is 0 Å². The minimum atomic E-state index is -4.15. The van der Waals surface area contributed by atoms with Crippen LogP contribution in [-0.2, 0) is 14.8 Å². The predicted molar refractivity (Wildman–Crippen MR) is 127 cm³/mol. The van der Waals surface area contributed by atoms with Gasteiger partial charge in [-0.05, 0) is 55.5 Å². The van der Waals surface area contributed by atoms with Crippen LogP contribution in [0.1, 0.15) is 11.1 Å². The average molecular weight is 486 g/mol. The highest BCUT2D eigenvalue weighted by molar-refractivity contribution is 7.92. The highest BCUT2D eigenvalue weighted by atomic mass is 32.2. The number of benzene rings is 3. The van der Waals surface area contributed by atoms with Crippen LogP contribution in [-0.4, -0.2) is 41.3 Å². The molecule has 0 spiro atoms. The maximum Gasteiger partial charge on any atom is 0.264 e. The molecule has 0 saturated carbocycles. The number of carbonyl (C=O) groups excluding carboxylic acids is 1. The van der Waals surface area contributed by atoms with Crippen LogP contribution in [0.4, 0.5) is 10.1 Å². The van der Waals surface area contributed by atoms with E-state index in [-0.39, 0.29) is 10.6 Å². The molecular weight excluding hydrogens is 461 g/mol. The molecule has 0 heterocycles. The quantitative estimate of drug-likeness (QED) is 0.370. The van der Waals surface area contributed by atoms with Gasteiger partial charge in [0.1, 0.15) is 23.9 Å². The first kappa shape index (κ1) is 24.7. The van der Waals surface area contributed by atoms with Crippen LogP contribution in [0.25, 0.3) is 0 Å². The molecular formula is C24H24FN3O5S. The third kappa shape index (κ3) is 5.90. The lowest BCUT2D eigenvalue weighted by Crippen LogP contribution is -2.39. The van der Waals surface area contributed by atoms with Crippen molar-refractivity contribution < 1.29 is 27.1 Å². The van der Waals surface area contributed by atoms with Crippen molar-refractivity contribution in [3.05, 3.63) is 83.7 Å². The van der Waals surface area contributed by atoms with Gasteiger partial charge in [-0.3, -0.25) is 9.10 Å². The number of nitrogens with one attached hydrogen (secondary N) is 1. The maximum absolute atomic E-state index is 13.3. The number of nitrogens with zero attached hydrogens (tertiary/aromatic N) is 2. The van der Waals surface area contributed by atoms with Gasteiger partial charge < -0.3 is 9.47 Å². The molecule has 0 bridgehead atoms. The smallest absolute Gasteiger partial charge is 0.264 e. The number of amides is 1. The zero-order valence-corrected chi connectivity index (χ0v) is 19.7. The fraction of sp³-hybridized carbons (Fsp3) is 0.167. The molecule has 0 aliphatic rings. The van der Waals surface area contributed by atoms with Crippen LogP contribution in [0.3, 0.4) is 0 Å². The van der Waals surface area contributed by atoms with Crippen LogP contribution in [0.5, 0.6) is 11.5 Å². The van der Waals surface area contributed by atoms with Gasteiger partial charge in [0, 0.05) is 11.6 Å². The molecule has 0 fully saturated rings. The average Bonchev–Trinajstić information content (AvgIpc) is 2.83. The van der Waals surface area contributed by atoms with Gasteiger partial charge >= 0.3 is 0 Å². The Bertz CT molecular complexity index is 1280. The first-order valence-corrected chi connectivity index (χ1v) is 11.6. The molecule has 0 atom stereocenters. The minimum absolute atomic E-state index is 0.145. The maximum atomic E-state index is 13.3. The summed E-state index contributed by atoms with van der Waals surface area (Å²) in [4.78, 5) is 12.5. The normalized spacial score (nSPS) is 11.3. The molecule has 3 rings (SSSR count). The van der Waals surface area contributed by atoms with Crippen LogP contribution in [0.15, 0.2) is 76.7 Å². The van der Waals surface area contributed by atoms with E-state index in [0.717, 1.165) is 34.1 Å². The summed E-state index contributed by atoms with van der Waals surface area (Å²) in [5.41, 5.74) is 4.12. The number of rotatable bonds is 9. The van der Waals surface area contributed by atoms with Gasteiger partial charge in [-0.15, -0.1) is 0 Å². The SMILES string of the molecule is COc1ccc(/C=N\NC(=O)CN(c2ccc(C)cc2)S(=O)(=O)c2ccc(F)cc2)c(OC)c1. The van der Waals surface area contributed by atoms with Crippen molar-refractivity contribution in [2.45, 2.75) is 11.8 Å². The van der Waals surface area contributed by atoms with Crippen molar-refractivity contribution >= 4 is 27.8 Å². The molecule has 0 aliphatic heterocycles. The van der Waals surface area contributed by atoms with Gasteiger partial charge in [-0.25, -0.2) is 18.2 Å². The third-order valence-electron chi connectivity index (χ3n) is 4.84. The lowest BCUT2D eigenvalue weighted by Gasteiger charge is -2.23. The summed E-state index contributed by atoms with van der Waals surface area (Å²) in [6, 6.07) is 16.1. The zero-order chi connectivity index (χ0) is 24.7. The van der Waals surface area contributed by atoms with Crippen LogP contribution in [0.2, 0.25) is 0 Å². The van der Waals surface area contributed by atoms with Gasteiger partial charge in [-0.1, -0.05) is 17.7 Å². The molecule has 0 aromatic heterocycles. The fourth-order valence-corrected chi connectivity index (χ4v) is 4.45. The highest BCUT2D eigenvalue weighted by Crippen LogP contribution is 2.25. The van der Waals surface area contributed by atoms with Crippen molar-refractivity contribution in [3.8, 4) is 11.5 Å². The molecule has 8 nitrogen and oxygen atoms in total. The largest absolute Gasteiger partial charge is 0.497 e. The standard InChI is InChI=1S/C24H24FN3O5S/c1-17-4-9-20(10-5-17)28(34(30,31)22-12-7-19(25)8-13-22)16-24(29)27-26-15-18-6-11-21(32-2)14-23(18)33-3/h4-15H,16H2,1-3H3,(H,27,29)/b26-15-. The number of anilines is 1. The van der Waals surface area contributed by atoms with Crippen molar-refractivity contribution in [1.82, 2.24) is 5.43 Å². The number of hydrogen-bond donors (Lipinski definition) is 1. The summed E-state index contributed by atoms with van der Waals surface area (Å²) >= 11 is 0. The van der Waals surface area contributed by atoms with Crippen molar-refractivity contribution in [1.29, 1.82) is 0 Å². The number of hydrogen-bond acceptors (Lipinski definition) is 6. The number of sulfonamides is 1. The summed E-state index contributed by atoms with van der Waals surface area (Å²) in [6.45, 7) is 1.32. The van der Waals surface area contributed by atoms with Crippen LogP contribution >= 0.6 is 0 Å². The van der Waals surface area contributed by atoms with E-state index < -0.39 is 28.3 Å². The van der Waals surface area contributed by atoms with E-state index in [4.69, 9.17) is 9.47 Å². The summed E-state index contributed by atoms with van der Waals surface area (Å²) < 4.78 is 51.2. The zero-order valence-electron chi connectivity index (χ0n) is 18.9. The lowest BCUT2D eigenvalue weighted by molar-refractivity contribution is -0.119. The van der Waals surface area contributed by atoms with Gasteiger partial charge in [-0.2, -0.15) is 5.10 Å². The second-order valence-corrected chi connectivity index (χ2v) is 9.06. The molecule has 0 saturated heterocycles. The summed E-state index contributed by atoms with van der Waals surface area (Å²) in [5.74, 6) is -0.160. The molecule has 0 unspecified atom stereocenters. The first-order valence-electron chi connectivity index (χ1n) is 10.1. The monoisotopic (exact) mass is 485 g/mol. The van der Waals surface area contributed by atoms with Gasteiger partial charge in [0.15, 0.2) is 0 Å². The van der Waals surface area contributed by atoms with Gasteiger partial charge in [0.2, 0.25) is 0 Å². The highest BCUT2D eigenvalue weighted by Gasteiger charge is 2.27. The third-order valence-corrected chi connectivity index (χ3v) is 6.63. The topological polar surface area (TPSA) is 97.3 Å². The Labute approximate surface area is 197 Å². The number of methoxy groups -OCH3 is 2. The van der Waals surface area contributed by atoms with Gasteiger partial charge in [0.25, 0.3) is 15.9 Å². The summed E-state index contributed by atoms with van der Waals surface area (Å²) in [7, 11) is -1.13. The Morgan fingerprint density at radius 3 is 2.32 bits per heavy atom. The number of aryl methyl sites for hydroxylation is 1. The molecule has 3 aromatic carbocycles. The second kappa shape index (κ2) is 10.8. The molecule has 1 N–H and O–H groups in total. The van der Waals surface area contributed by atoms with Gasteiger partial charge in [0.05, 0.1) is 31.0 Å². The summed E-state index contributed by atoms with van der Waals surface area (Å²) in [5, 5.41) is 3.92. The second-order valence-electron chi connectivity index (χ2n) is 7.20. The minimum Gasteiger partial charge on any atom is -0.497 e. The van der Waals surface area contributed by atoms with E-state index in [1.54, 1.807) is 42.5 Å². The summed E-state index contributed by atoms with van der Waals surface area (Å²) in [6.07, 6.45) is 1.38. The Kier molecular flexibility index (Phi) is 7.85. The van der Waals surface area contributed by atoms with E-state index in [1.807, 2.05) is 6.92 Å². The number of hydrazone groups is 1. The first-order chi connectivity index (χ1) is 16.2. The molecule has 0 aliphatic carbocycles. The Morgan fingerprint density at radius 1 is 1.03 bits per heavy atom. The fourth-order valence-electron chi connectivity index (χ4n) is 3.02. The molecule has 34 heavy (non-hydrogen) atoms. The van der Waals surface area contributed by atoms with E-state index in [0.29, 0.717) is 17.1 Å².